The van der Waals surface area contributed by atoms with E-state index in [0.717, 1.165) is 0 Å². The molecule has 0 aliphatic heterocycles. The van der Waals surface area contributed by atoms with E-state index in [2.05, 4.69) is 0 Å². The molecule has 0 aromatic heterocycles. The van der Waals surface area contributed by atoms with Gasteiger partial charge < -0.3 is 38.9 Å². The maximum absolute atomic E-state index is 9.10. The van der Waals surface area contributed by atoms with Gasteiger partial charge in [-0.05, 0) is 0 Å². The van der Waals surface area contributed by atoms with Crippen molar-refractivity contribution in [1.82, 2.24) is 12.3 Å². The molecular weight excluding hydrogens is 164 g/mol. The van der Waals surface area contributed by atoms with Gasteiger partial charge in [-0.3, -0.25) is 0 Å². The molecule has 9 nitrogen and oxygen atoms in total. The molecule has 0 bridgehead atoms. The zero-order valence-electron chi connectivity index (χ0n) is 5.63. The van der Waals surface area contributed by atoms with Crippen LogP contribution in [0.3, 0.4) is 0 Å². The number of hydrogen-bond acceptors (Lipinski definition) is 4. The van der Waals surface area contributed by atoms with Crippen LogP contribution in [0, 0.1) is 0 Å². The smallest absolute Gasteiger partial charge is 0.414 e. The van der Waals surface area contributed by atoms with E-state index in [0.29, 0.717) is 0 Å². The molecule has 9 heteroatoms. The fourth-order valence-electron chi connectivity index (χ4n) is 0. The second-order valence-electron chi connectivity index (χ2n) is 0.610. The molecule has 0 fully saturated rings. The highest BCUT2D eigenvalue weighted by Gasteiger charge is 2.04. The number of hydrogen-bond donors (Lipinski definition) is 4. The van der Waals surface area contributed by atoms with Crippen LogP contribution >= 0.6 is 0 Å². The third-order valence-corrected chi connectivity index (χ3v) is 0.183. The zero-order valence-corrected chi connectivity index (χ0v) is 5.63. The number of carbonyl (C=O) groups is 2. The van der Waals surface area contributed by atoms with E-state index in [1.165, 1.54) is 0 Å². The summed E-state index contributed by atoms with van der Waals surface area (Å²) in [7, 11) is 0. The Kier molecular flexibility index (Phi) is 113. The zero-order chi connectivity index (χ0) is 5.15. The average Bonchev–Trinajstić information content (AvgIpc) is 1.36. The molecule has 0 unspecified atom stereocenters. The molecule has 14 N–H and O–H groups in total. The predicted octanol–water partition coefficient (Wildman–Crippen LogP) is -2.99. The van der Waals surface area contributed by atoms with Crippen LogP contribution in [0.4, 0.5) is 0 Å². The summed E-state index contributed by atoms with van der Waals surface area (Å²) in [6.45, 7) is 0. The van der Waals surface area contributed by atoms with Crippen molar-refractivity contribution in [3.8, 4) is 0 Å². The van der Waals surface area contributed by atoms with Crippen molar-refractivity contribution < 1.29 is 36.2 Å². The maximum Gasteiger partial charge on any atom is 0.414 e. The highest BCUT2D eigenvalue weighted by atomic mass is 16.4. The molecule has 0 radical (unpaired) electrons. The van der Waals surface area contributed by atoms with E-state index in [-0.39, 0.29) is 28.7 Å². The van der Waals surface area contributed by atoms with E-state index in [4.69, 9.17) is 19.8 Å². The first kappa shape index (κ1) is 53.2. The number of carboxylic acids is 2. The molecule has 0 aliphatic carbocycles. The third-order valence-electron chi connectivity index (χ3n) is 0.183. The minimum Gasteiger partial charge on any atom is -0.473 e. The van der Waals surface area contributed by atoms with E-state index in [9.17, 15) is 0 Å². The fourth-order valence-corrected chi connectivity index (χ4v) is 0. The highest BCUT2D eigenvalue weighted by Crippen LogP contribution is 1.56. The minimum absolute atomic E-state index is 0. The lowest BCUT2D eigenvalue weighted by Crippen LogP contribution is -2.09. The number of rotatable bonds is 0. The van der Waals surface area contributed by atoms with Gasteiger partial charge in [-0.15, -0.1) is 0 Å². The molecule has 0 atom stereocenters. The summed E-state index contributed by atoms with van der Waals surface area (Å²) in [6.07, 6.45) is 0. The monoisotopic (exact) mass is 178 g/mol. The molecule has 74 valence electrons. The molecule has 0 saturated heterocycles. The standard InChI is InChI=1S/C2H2O4.2H3N.3H2O/c3-1(4)2(5)6;;;;;/h(H,3,4)(H,5,6);2*1H3;3*1H2. The summed E-state index contributed by atoms with van der Waals surface area (Å²) < 4.78 is 0. The first-order chi connectivity index (χ1) is 2.64. The topological polar surface area (TPSA) is 239 Å². The van der Waals surface area contributed by atoms with Crippen LogP contribution in [0.2, 0.25) is 0 Å². The summed E-state index contributed by atoms with van der Waals surface area (Å²) in [5.41, 5.74) is 0. The Hall–Kier alpha value is -1.26. The van der Waals surface area contributed by atoms with Gasteiger partial charge in [0.25, 0.3) is 0 Å². The Morgan fingerprint density at radius 2 is 0.818 bits per heavy atom. The van der Waals surface area contributed by atoms with Gasteiger partial charge in [0, 0.05) is 0 Å². The van der Waals surface area contributed by atoms with Gasteiger partial charge in [-0.25, -0.2) is 9.59 Å². The molecule has 0 rings (SSSR count). The predicted molar refractivity (Wildman–Crippen MR) is 36.2 cm³/mol. The second-order valence-corrected chi connectivity index (χ2v) is 0.610. The Morgan fingerprint density at radius 3 is 0.818 bits per heavy atom. The van der Waals surface area contributed by atoms with E-state index in [1.54, 1.807) is 0 Å². The van der Waals surface area contributed by atoms with Crippen LogP contribution in [0.1, 0.15) is 0 Å². The lowest BCUT2D eigenvalue weighted by molar-refractivity contribution is -0.159. The van der Waals surface area contributed by atoms with Gasteiger partial charge >= 0.3 is 11.9 Å². The summed E-state index contributed by atoms with van der Waals surface area (Å²) in [4.78, 5) is 18.2. The van der Waals surface area contributed by atoms with E-state index < -0.39 is 11.9 Å². The Bertz CT molecular complexity index is 80.4. The molecule has 0 saturated carbocycles. The summed E-state index contributed by atoms with van der Waals surface area (Å²) >= 11 is 0. The van der Waals surface area contributed by atoms with Gasteiger partial charge in [0.15, 0.2) is 0 Å². The Labute approximate surface area is 61.7 Å². The molecule has 0 spiro atoms. The van der Waals surface area contributed by atoms with Crippen molar-refractivity contribution >= 4 is 11.9 Å². The molecule has 0 aliphatic rings. The van der Waals surface area contributed by atoms with Crippen LogP contribution in [0.15, 0.2) is 0 Å². The number of aliphatic carboxylic acids is 2. The molecule has 0 aromatic rings. The van der Waals surface area contributed by atoms with Crippen molar-refractivity contribution in [1.29, 1.82) is 0 Å². The highest BCUT2D eigenvalue weighted by molar-refractivity contribution is 6.27. The van der Waals surface area contributed by atoms with Crippen LogP contribution < -0.4 is 12.3 Å². The van der Waals surface area contributed by atoms with Crippen LogP contribution in [0.5, 0.6) is 0 Å². The quantitative estimate of drug-likeness (QED) is 0.281. The van der Waals surface area contributed by atoms with Crippen molar-refractivity contribution in [2.45, 2.75) is 0 Å². The van der Waals surface area contributed by atoms with Crippen molar-refractivity contribution in [2.75, 3.05) is 0 Å². The maximum atomic E-state index is 9.10. The lowest BCUT2D eigenvalue weighted by atomic mass is 10.7. The third kappa shape index (κ3) is 52.9. The van der Waals surface area contributed by atoms with E-state index >= 15 is 0 Å². The fraction of sp³-hybridized carbons (Fsp3) is 0. The average molecular weight is 178 g/mol. The Morgan fingerprint density at radius 1 is 0.727 bits per heavy atom. The summed E-state index contributed by atoms with van der Waals surface area (Å²) in [6, 6.07) is 0. The second kappa shape index (κ2) is 23.3. The first-order valence-corrected chi connectivity index (χ1v) is 1.11. The minimum atomic E-state index is -1.82. The largest absolute Gasteiger partial charge is 0.473 e. The molecule has 0 amide bonds. The van der Waals surface area contributed by atoms with Crippen LogP contribution in [0.25, 0.3) is 0 Å². The van der Waals surface area contributed by atoms with Gasteiger partial charge in [0.1, 0.15) is 0 Å². The Balaban J connectivity index is -0.0000000125. The normalized spacial score (nSPS) is 4.00. The van der Waals surface area contributed by atoms with Gasteiger partial charge in [0.2, 0.25) is 0 Å². The van der Waals surface area contributed by atoms with Crippen molar-refractivity contribution in [3.63, 3.8) is 0 Å². The summed E-state index contributed by atoms with van der Waals surface area (Å²) in [5, 5.41) is 14.8. The van der Waals surface area contributed by atoms with Gasteiger partial charge in [0.05, 0.1) is 0 Å². The first-order valence-electron chi connectivity index (χ1n) is 1.11. The van der Waals surface area contributed by atoms with Gasteiger partial charge in [-0.2, -0.15) is 0 Å². The van der Waals surface area contributed by atoms with Crippen molar-refractivity contribution in [2.24, 2.45) is 0 Å². The lowest BCUT2D eigenvalue weighted by Gasteiger charge is -1.72. The number of carboxylic acid groups (broad SMARTS) is 2. The molecular formula is C2H14N2O7. The van der Waals surface area contributed by atoms with Crippen LogP contribution in [-0.4, -0.2) is 38.6 Å². The molecule has 11 heavy (non-hydrogen) atoms. The van der Waals surface area contributed by atoms with Gasteiger partial charge in [-0.1, -0.05) is 0 Å². The van der Waals surface area contributed by atoms with Crippen LogP contribution in [-0.2, 0) is 9.59 Å². The molecule has 0 heterocycles. The van der Waals surface area contributed by atoms with Crippen molar-refractivity contribution in [3.05, 3.63) is 0 Å². The SMILES string of the molecule is N.N.O.O.O.O=C(O)C(=O)O. The molecule has 0 aromatic carbocycles. The van der Waals surface area contributed by atoms with E-state index in [1.807, 2.05) is 0 Å². The summed E-state index contributed by atoms with van der Waals surface area (Å²) in [5.74, 6) is -3.65.